The summed E-state index contributed by atoms with van der Waals surface area (Å²) in [6.45, 7) is 12.1. The minimum atomic E-state index is -1.15. The highest BCUT2D eigenvalue weighted by Crippen LogP contribution is 2.55. The first-order valence-electron chi connectivity index (χ1n) is 11.7. The predicted molar refractivity (Wildman–Crippen MR) is 127 cm³/mol. The van der Waals surface area contributed by atoms with E-state index in [9.17, 15) is 19.5 Å². The lowest BCUT2D eigenvalue weighted by molar-refractivity contribution is -0.150. The number of benzene rings is 1. The first-order valence-corrected chi connectivity index (χ1v) is 11.7. The van der Waals surface area contributed by atoms with Crippen molar-refractivity contribution in [3.05, 3.63) is 42.0 Å². The molecule has 3 N–H and O–H groups in total. The van der Waals surface area contributed by atoms with E-state index >= 15 is 0 Å². The summed E-state index contributed by atoms with van der Waals surface area (Å²) < 4.78 is 6.10. The fourth-order valence-electron chi connectivity index (χ4n) is 5.87. The quantitative estimate of drug-likeness (QED) is 0.591. The van der Waals surface area contributed by atoms with Crippen molar-refractivity contribution >= 4 is 29.5 Å². The Morgan fingerprint density at radius 3 is 2.74 bits per heavy atom. The van der Waals surface area contributed by atoms with Gasteiger partial charge in [-0.05, 0) is 50.5 Å². The van der Waals surface area contributed by atoms with Crippen LogP contribution in [0.3, 0.4) is 0 Å². The summed E-state index contributed by atoms with van der Waals surface area (Å²) in [6, 6.07) is 1.98. The normalized spacial score (nSPS) is 31.3. The fourth-order valence-corrected chi connectivity index (χ4v) is 5.87. The van der Waals surface area contributed by atoms with Crippen molar-refractivity contribution in [1.29, 1.82) is 0 Å². The van der Waals surface area contributed by atoms with E-state index in [1.54, 1.807) is 6.08 Å². The lowest BCUT2D eigenvalue weighted by Crippen LogP contribution is -2.65. The second-order valence-electron chi connectivity index (χ2n) is 10.8. The number of aliphatic hydroxyl groups is 1. The number of rotatable bonds is 4. The Bertz CT molecular complexity index is 1150. The van der Waals surface area contributed by atoms with Crippen LogP contribution in [-0.2, 0) is 19.8 Å². The molecule has 34 heavy (non-hydrogen) atoms. The third-order valence-corrected chi connectivity index (χ3v) is 7.97. The van der Waals surface area contributed by atoms with Crippen LogP contribution in [0, 0.1) is 5.41 Å². The van der Waals surface area contributed by atoms with Gasteiger partial charge < -0.3 is 25.4 Å². The van der Waals surface area contributed by atoms with Gasteiger partial charge >= 0.3 is 0 Å². The molecule has 3 amide bonds. The zero-order valence-corrected chi connectivity index (χ0v) is 20.0. The Morgan fingerprint density at radius 2 is 2.03 bits per heavy atom. The van der Waals surface area contributed by atoms with E-state index < -0.39 is 34.6 Å². The molecule has 1 aromatic carbocycles. The molecular formula is C26H31N3O5. The van der Waals surface area contributed by atoms with Crippen molar-refractivity contribution in [3.8, 4) is 5.75 Å². The summed E-state index contributed by atoms with van der Waals surface area (Å²) in [5, 5.41) is 16.0. The molecule has 0 aromatic heterocycles. The summed E-state index contributed by atoms with van der Waals surface area (Å²) in [5.41, 5.74) is -0.168. The van der Waals surface area contributed by atoms with Crippen molar-refractivity contribution < 1.29 is 24.2 Å². The van der Waals surface area contributed by atoms with Gasteiger partial charge in [-0.1, -0.05) is 26.0 Å². The highest BCUT2D eigenvalue weighted by molar-refractivity contribution is 6.10. The number of carbonyl (C=O) groups is 3. The van der Waals surface area contributed by atoms with E-state index in [0.717, 1.165) is 11.1 Å². The molecule has 4 atom stereocenters. The van der Waals surface area contributed by atoms with Crippen LogP contribution in [0.25, 0.3) is 6.08 Å². The third kappa shape index (κ3) is 2.97. The molecule has 0 aliphatic carbocycles. The molecule has 0 radical (unpaired) electrons. The maximum Gasteiger partial charge on any atom is 0.246 e. The number of ether oxygens (including phenoxy) is 1. The Balaban J connectivity index is 1.61. The lowest BCUT2D eigenvalue weighted by atomic mass is 9.59. The van der Waals surface area contributed by atoms with Crippen LogP contribution in [0.1, 0.15) is 51.7 Å². The second kappa shape index (κ2) is 7.18. The minimum Gasteiger partial charge on any atom is -0.483 e. The Labute approximate surface area is 199 Å². The number of anilines is 1. The fraction of sp³-hybridized carbons (Fsp3) is 0.500. The van der Waals surface area contributed by atoms with Gasteiger partial charge in [0.2, 0.25) is 17.7 Å². The van der Waals surface area contributed by atoms with Crippen LogP contribution < -0.4 is 15.4 Å². The number of nitrogens with one attached hydrogen (secondary N) is 2. The van der Waals surface area contributed by atoms with Crippen LogP contribution in [0.5, 0.6) is 5.75 Å². The molecule has 4 aliphatic rings. The monoisotopic (exact) mass is 465 g/mol. The molecule has 2 fully saturated rings. The molecule has 4 heterocycles. The highest BCUT2D eigenvalue weighted by atomic mass is 16.5. The zero-order chi connectivity index (χ0) is 24.6. The second-order valence-corrected chi connectivity index (χ2v) is 10.8. The Morgan fingerprint density at radius 1 is 1.29 bits per heavy atom. The largest absolute Gasteiger partial charge is 0.483 e. The van der Waals surface area contributed by atoms with Gasteiger partial charge in [-0.25, -0.2) is 0 Å². The van der Waals surface area contributed by atoms with Gasteiger partial charge in [0.15, 0.2) is 0 Å². The predicted octanol–water partition coefficient (Wildman–Crippen LogP) is 2.12. The summed E-state index contributed by atoms with van der Waals surface area (Å²) in [6.07, 6.45) is 5.19. The van der Waals surface area contributed by atoms with Crippen LogP contribution in [0.15, 0.2) is 30.9 Å². The van der Waals surface area contributed by atoms with Crippen molar-refractivity contribution in [2.45, 2.75) is 69.7 Å². The van der Waals surface area contributed by atoms with Gasteiger partial charge in [0, 0.05) is 17.5 Å². The number of carbonyl (C=O) groups excluding carboxylic acids is 3. The molecule has 5 rings (SSSR count). The molecule has 0 unspecified atom stereocenters. The maximum absolute atomic E-state index is 13.8. The average molecular weight is 466 g/mol. The van der Waals surface area contributed by atoms with Gasteiger partial charge in [-0.3, -0.25) is 14.4 Å². The van der Waals surface area contributed by atoms with Crippen LogP contribution in [-0.4, -0.2) is 58.1 Å². The number of aliphatic hydroxyl groups excluding tert-OH is 1. The minimum absolute atomic E-state index is 0.0730. The summed E-state index contributed by atoms with van der Waals surface area (Å²) in [5.74, 6) is -0.229. The number of allylic oxidation sites excluding steroid dienone is 1. The first-order chi connectivity index (χ1) is 15.9. The molecule has 180 valence electrons. The molecule has 0 spiro atoms. The molecule has 1 aromatic rings. The number of nitrogens with zero attached hydrogens (tertiary/aromatic N) is 1. The van der Waals surface area contributed by atoms with Crippen molar-refractivity contribution in [1.82, 2.24) is 10.2 Å². The molecule has 8 heteroatoms. The number of hydrogen-bond donors (Lipinski definition) is 3. The number of fused-ring (bicyclic) bond motifs is 4. The third-order valence-electron chi connectivity index (χ3n) is 7.97. The SMILES string of the molecule is C=CC(C)(C)[C@@]1(C[C@@H]2NC(=O)[C@@H]3[C@H](O)CCN3C2=O)C(=O)Nc2c1ccc1c2C=CC(C)(C)O1. The first kappa shape index (κ1) is 22.7. The standard InChI is InChI=1S/C26H31N3O5/c1-6-24(2,3)26(13-16-22(32)29-12-10-17(30)20(29)21(31)27-16)15-7-8-18-14(19(15)28-23(26)33)9-11-25(4,5)34-18/h6-9,11,16-17,20,30H,1,10,12-13H2,2-5H3,(H,27,31)(H,28,33)/t16-,17+,20-,26+/m0/s1. The van der Waals surface area contributed by atoms with Gasteiger partial charge in [0.05, 0.1) is 17.2 Å². The number of piperazine rings is 1. The van der Waals surface area contributed by atoms with Crippen LogP contribution in [0.4, 0.5) is 5.69 Å². The summed E-state index contributed by atoms with van der Waals surface area (Å²) in [4.78, 5) is 41.4. The van der Waals surface area contributed by atoms with E-state index in [4.69, 9.17) is 4.74 Å². The van der Waals surface area contributed by atoms with Gasteiger partial charge in [-0.15, -0.1) is 6.58 Å². The van der Waals surface area contributed by atoms with Crippen molar-refractivity contribution in [3.63, 3.8) is 0 Å². The highest BCUT2D eigenvalue weighted by Gasteiger charge is 2.59. The van der Waals surface area contributed by atoms with Crippen molar-refractivity contribution in [2.24, 2.45) is 5.41 Å². The summed E-state index contributed by atoms with van der Waals surface area (Å²) >= 11 is 0. The van der Waals surface area contributed by atoms with Crippen molar-refractivity contribution in [2.75, 3.05) is 11.9 Å². The molecular weight excluding hydrogens is 434 g/mol. The van der Waals surface area contributed by atoms with E-state index in [0.29, 0.717) is 24.4 Å². The topological polar surface area (TPSA) is 108 Å². The molecule has 0 saturated carbocycles. The van der Waals surface area contributed by atoms with Gasteiger partial charge in [-0.2, -0.15) is 0 Å². The van der Waals surface area contributed by atoms with Crippen LogP contribution >= 0.6 is 0 Å². The molecule has 8 nitrogen and oxygen atoms in total. The molecule has 2 saturated heterocycles. The summed E-state index contributed by atoms with van der Waals surface area (Å²) in [7, 11) is 0. The van der Waals surface area contributed by atoms with Crippen LogP contribution in [0.2, 0.25) is 0 Å². The lowest BCUT2D eigenvalue weighted by Gasteiger charge is -2.45. The number of amides is 3. The number of hydrogen-bond acceptors (Lipinski definition) is 5. The van der Waals surface area contributed by atoms with E-state index in [1.165, 1.54) is 4.90 Å². The van der Waals surface area contributed by atoms with E-state index in [1.807, 2.05) is 52.0 Å². The van der Waals surface area contributed by atoms with E-state index in [2.05, 4.69) is 17.2 Å². The zero-order valence-electron chi connectivity index (χ0n) is 20.0. The average Bonchev–Trinajstić information content (AvgIpc) is 3.29. The van der Waals surface area contributed by atoms with Gasteiger partial charge in [0.25, 0.3) is 0 Å². The Hall–Kier alpha value is -3.13. The molecule has 4 aliphatic heterocycles. The Kier molecular flexibility index (Phi) is 4.79. The molecule has 0 bridgehead atoms. The maximum atomic E-state index is 13.8. The smallest absolute Gasteiger partial charge is 0.246 e. The van der Waals surface area contributed by atoms with E-state index in [-0.39, 0.29) is 24.1 Å². The van der Waals surface area contributed by atoms with Gasteiger partial charge in [0.1, 0.15) is 23.4 Å².